The molecule has 114 valence electrons. The van der Waals surface area contributed by atoms with E-state index < -0.39 is 0 Å². The van der Waals surface area contributed by atoms with Gasteiger partial charge in [-0.25, -0.2) is 0 Å². The van der Waals surface area contributed by atoms with Crippen LogP contribution in [-0.2, 0) is 13.5 Å². The molecule has 0 aliphatic carbocycles. The maximum Gasteiger partial charge on any atom is 0.0738 e. The fraction of sp³-hybridized carbons (Fsp3) is 0.471. The van der Waals surface area contributed by atoms with E-state index in [1.54, 1.807) is 0 Å². The Morgan fingerprint density at radius 1 is 1.24 bits per heavy atom. The van der Waals surface area contributed by atoms with Crippen LogP contribution in [0.4, 0.5) is 0 Å². The van der Waals surface area contributed by atoms with Crippen LogP contribution in [0.5, 0.6) is 0 Å². The van der Waals surface area contributed by atoms with E-state index in [0.29, 0.717) is 6.04 Å². The zero-order valence-corrected chi connectivity index (χ0v) is 15.1. The van der Waals surface area contributed by atoms with E-state index in [4.69, 9.17) is 0 Å². The molecule has 0 spiro atoms. The third-order valence-corrected chi connectivity index (χ3v) is 5.07. The lowest BCUT2D eigenvalue weighted by Gasteiger charge is -2.20. The molecule has 1 N–H and O–H groups in total. The highest BCUT2D eigenvalue weighted by Gasteiger charge is 2.18. The first-order valence-corrected chi connectivity index (χ1v) is 8.21. The molecular weight excluding hydrogens is 326 g/mol. The Morgan fingerprint density at radius 3 is 2.48 bits per heavy atom. The summed E-state index contributed by atoms with van der Waals surface area (Å²) in [4.78, 5) is 0. The summed E-state index contributed by atoms with van der Waals surface area (Å²) in [5.74, 6) is 0. The van der Waals surface area contributed by atoms with Gasteiger partial charge in [0.2, 0.25) is 0 Å². The van der Waals surface area contributed by atoms with Gasteiger partial charge in [0, 0.05) is 19.5 Å². The molecule has 0 aliphatic heterocycles. The standard InChI is InChI=1S/C17H24BrN3/c1-6-19-15(14-8-7-11(2)12(3)9-14)10-16-17(18)13(4)20-21(16)5/h7-9,15,19H,6,10H2,1-5H3. The molecule has 0 radical (unpaired) electrons. The van der Waals surface area contributed by atoms with Crippen LogP contribution in [0.2, 0.25) is 0 Å². The van der Waals surface area contributed by atoms with Gasteiger partial charge in [-0.15, -0.1) is 0 Å². The largest absolute Gasteiger partial charge is 0.310 e. The van der Waals surface area contributed by atoms with Gasteiger partial charge < -0.3 is 5.32 Å². The summed E-state index contributed by atoms with van der Waals surface area (Å²) in [5.41, 5.74) is 6.30. The maximum atomic E-state index is 4.49. The van der Waals surface area contributed by atoms with Crippen molar-refractivity contribution in [2.24, 2.45) is 7.05 Å². The topological polar surface area (TPSA) is 29.9 Å². The molecule has 0 bridgehead atoms. The predicted octanol–water partition coefficient (Wildman–Crippen LogP) is 4.00. The quantitative estimate of drug-likeness (QED) is 0.883. The van der Waals surface area contributed by atoms with E-state index in [0.717, 1.165) is 23.1 Å². The molecule has 4 heteroatoms. The SMILES string of the molecule is CCNC(Cc1c(Br)c(C)nn1C)c1ccc(C)c(C)c1. The third-order valence-electron chi connectivity index (χ3n) is 4.04. The number of hydrogen-bond donors (Lipinski definition) is 1. The van der Waals surface area contributed by atoms with Gasteiger partial charge in [-0.1, -0.05) is 25.1 Å². The van der Waals surface area contributed by atoms with Crippen LogP contribution in [0.1, 0.15) is 41.0 Å². The summed E-state index contributed by atoms with van der Waals surface area (Å²) in [6, 6.07) is 7.03. The van der Waals surface area contributed by atoms with Crippen molar-refractivity contribution in [1.29, 1.82) is 0 Å². The van der Waals surface area contributed by atoms with Gasteiger partial charge in [0.25, 0.3) is 0 Å². The minimum Gasteiger partial charge on any atom is -0.310 e. The second kappa shape index (κ2) is 6.75. The van der Waals surface area contributed by atoms with Crippen LogP contribution in [0, 0.1) is 20.8 Å². The average Bonchev–Trinajstić information content (AvgIpc) is 2.68. The molecular formula is C17H24BrN3. The Hall–Kier alpha value is -1.13. The van der Waals surface area contributed by atoms with Crippen molar-refractivity contribution < 1.29 is 0 Å². The first kappa shape index (κ1) is 16.2. The number of aromatic nitrogens is 2. The highest BCUT2D eigenvalue weighted by molar-refractivity contribution is 9.10. The number of nitrogens with zero attached hydrogens (tertiary/aromatic N) is 2. The summed E-state index contributed by atoms with van der Waals surface area (Å²) in [6.45, 7) is 9.46. The van der Waals surface area contributed by atoms with Gasteiger partial charge >= 0.3 is 0 Å². The van der Waals surface area contributed by atoms with Crippen LogP contribution in [0.25, 0.3) is 0 Å². The van der Waals surface area contributed by atoms with Gasteiger partial charge in [-0.05, 0) is 59.9 Å². The summed E-state index contributed by atoms with van der Waals surface area (Å²) in [6.07, 6.45) is 0.925. The second-order valence-electron chi connectivity index (χ2n) is 5.63. The number of benzene rings is 1. The van der Waals surface area contributed by atoms with E-state index in [2.05, 4.69) is 65.3 Å². The Balaban J connectivity index is 2.32. The van der Waals surface area contributed by atoms with Crippen molar-refractivity contribution in [1.82, 2.24) is 15.1 Å². The molecule has 1 atom stereocenters. The third kappa shape index (κ3) is 3.55. The molecule has 0 aliphatic rings. The predicted molar refractivity (Wildman–Crippen MR) is 91.7 cm³/mol. The molecule has 1 aromatic carbocycles. The molecule has 21 heavy (non-hydrogen) atoms. The van der Waals surface area contributed by atoms with E-state index in [1.165, 1.54) is 22.4 Å². The van der Waals surface area contributed by atoms with Gasteiger partial charge in [-0.3, -0.25) is 4.68 Å². The number of likely N-dealkylation sites (N-methyl/N-ethyl adjacent to an activating group) is 1. The molecule has 3 nitrogen and oxygen atoms in total. The summed E-state index contributed by atoms with van der Waals surface area (Å²) < 4.78 is 3.10. The van der Waals surface area contributed by atoms with E-state index in [1.807, 2.05) is 18.7 Å². The molecule has 0 amide bonds. The molecule has 1 heterocycles. The fourth-order valence-electron chi connectivity index (χ4n) is 2.63. The summed E-state index contributed by atoms with van der Waals surface area (Å²) in [7, 11) is 2.01. The number of hydrogen-bond acceptors (Lipinski definition) is 2. The fourth-order valence-corrected chi connectivity index (χ4v) is 3.13. The van der Waals surface area contributed by atoms with Gasteiger partial charge in [0.05, 0.1) is 15.9 Å². The molecule has 2 aromatic rings. The van der Waals surface area contributed by atoms with Crippen molar-refractivity contribution >= 4 is 15.9 Å². The molecule has 0 saturated carbocycles. The number of halogens is 1. The van der Waals surface area contributed by atoms with Crippen LogP contribution < -0.4 is 5.32 Å². The van der Waals surface area contributed by atoms with Crippen molar-refractivity contribution in [2.75, 3.05) is 6.54 Å². The van der Waals surface area contributed by atoms with Crippen LogP contribution in [-0.4, -0.2) is 16.3 Å². The monoisotopic (exact) mass is 349 g/mol. The molecule has 0 saturated heterocycles. The van der Waals surface area contributed by atoms with Gasteiger partial charge in [0.15, 0.2) is 0 Å². The minimum absolute atomic E-state index is 0.306. The molecule has 0 fully saturated rings. The average molecular weight is 350 g/mol. The molecule has 2 rings (SSSR count). The van der Waals surface area contributed by atoms with Crippen molar-refractivity contribution in [2.45, 2.75) is 40.2 Å². The number of nitrogens with one attached hydrogen (secondary N) is 1. The first-order chi connectivity index (χ1) is 9.93. The highest BCUT2D eigenvalue weighted by atomic mass is 79.9. The first-order valence-electron chi connectivity index (χ1n) is 7.42. The van der Waals surface area contributed by atoms with Crippen molar-refractivity contribution in [3.63, 3.8) is 0 Å². The number of aryl methyl sites for hydroxylation is 4. The Bertz CT molecular complexity index is 631. The van der Waals surface area contributed by atoms with Crippen LogP contribution in [0.15, 0.2) is 22.7 Å². The number of rotatable bonds is 5. The smallest absolute Gasteiger partial charge is 0.0738 e. The molecule has 1 aromatic heterocycles. The van der Waals surface area contributed by atoms with E-state index >= 15 is 0 Å². The lowest BCUT2D eigenvalue weighted by atomic mass is 9.97. The van der Waals surface area contributed by atoms with E-state index in [9.17, 15) is 0 Å². The lowest BCUT2D eigenvalue weighted by molar-refractivity contribution is 0.527. The van der Waals surface area contributed by atoms with Crippen LogP contribution >= 0.6 is 15.9 Å². The lowest BCUT2D eigenvalue weighted by Crippen LogP contribution is -2.24. The van der Waals surface area contributed by atoms with Crippen molar-refractivity contribution in [3.05, 3.63) is 50.8 Å². The van der Waals surface area contributed by atoms with E-state index in [-0.39, 0.29) is 0 Å². The Kier molecular flexibility index (Phi) is 5.22. The zero-order valence-electron chi connectivity index (χ0n) is 13.5. The zero-order chi connectivity index (χ0) is 15.6. The van der Waals surface area contributed by atoms with Gasteiger partial charge in [-0.2, -0.15) is 5.10 Å². The summed E-state index contributed by atoms with van der Waals surface area (Å²) >= 11 is 3.67. The summed E-state index contributed by atoms with van der Waals surface area (Å²) in [5, 5.41) is 8.09. The normalized spacial score (nSPS) is 12.7. The minimum atomic E-state index is 0.306. The highest BCUT2D eigenvalue weighted by Crippen LogP contribution is 2.27. The second-order valence-corrected chi connectivity index (χ2v) is 6.42. The van der Waals surface area contributed by atoms with Gasteiger partial charge in [0.1, 0.15) is 0 Å². The Morgan fingerprint density at radius 2 is 1.95 bits per heavy atom. The Labute approximate surface area is 135 Å². The van der Waals surface area contributed by atoms with Crippen molar-refractivity contribution in [3.8, 4) is 0 Å². The van der Waals surface area contributed by atoms with Crippen LogP contribution in [0.3, 0.4) is 0 Å². The maximum absolute atomic E-state index is 4.49. The molecule has 1 unspecified atom stereocenters.